The molecule has 94 valence electrons. The Morgan fingerprint density at radius 1 is 1.00 bits per heavy atom. The fourth-order valence-electron chi connectivity index (χ4n) is 1.65. The first-order valence-corrected chi connectivity index (χ1v) is 6.04. The van der Waals surface area contributed by atoms with E-state index < -0.39 is 0 Å². The van der Waals surface area contributed by atoms with Crippen molar-refractivity contribution >= 4 is 0 Å². The number of benzene rings is 2. The van der Waals surface area contributed by atoms with Crippen LogP contribution in [-0.2, 0) is 6.54 Å². The second-order valence-corrected chi connectivity index (χ2v) is 4.03. The molecule has 0 aliphatic carbocycles. The van der Waals surface area contributed by atoms with Gasteiger partial charge in [-0.1, -0.05) is 30.3 Å². The highest BCUT2D eigenvalue weighted by Crippen LogP contribution is 2.17. The summed E-state index contributed by atoms with van der Waals surface area (Å²) in [5.74, 6) is 0.971. The molecule has 2 aromatic rings. The summed E-state index contributed by atoms with van der Waals surface area (Å²) in [5, 5.41) is 11.1. The van der Waals surface area contributed by atoms with Gasteiger partial charge in [-0.2, -0.15) is 0 Å². The van der Waals surface area contributed by atoms with Crippen LogP contribution in [0.25, 0.3) is 0 Å². The van der Waals surface area contributed by atoms with Crippen molar-refractivity contribution in [1.29, 1.82) is 0 Å². The van der Waals surface area contributed by atoms with Crippen molar-refractivity contribution < 1.29 is 9.94 Å². The largest absolute Gasteiger partial charge is 0.508 e. The van der Waals surface area contributed by atoms with Crippen LogP contribution in [0.2, 0.25) is 0 Å². The molecule has 0 radical (unpaired) electrons. The molecule has 18 heavy (non-hydrogen) atoms. The minimum absolute atomic E-state index is 0.244. The molecule has 0 amide bonds. The van der Waals surface area contributed by atoms with Crippen molar-refractivity contribution in [3.8, 4) is 11.5 Å². The molecule has 0 aliphatic heterocycles. The lowest BCUT2D eigenvalue weighted by Gasteiger charge is -2.20. The molecular formula is C15H17NO2. The number of aromatic hydroxyl groups is 1. The Kier molecular flexibility index (Phi) is 4.20. The smallest absolute Gasteiger partial charge is 0.147 e. The van der Waals surface area contributed by atoms with Gasteiger partial charge in [0.1, 0.15) is 11.5 Å². The lowest BCUT2D eigenvalue weighted by Crippen LogP contribution is -2.26. The molecule has 0 aliphatic rings. The van der Waals surface area contributed by atoms with Gasteiger partial charge in [0.05, 0.1) is 6.54 Å². The Bertz CT molecular complexity index is 468. The molecule has 0 bridgehead atoms. The van der Waals surface area contributed by atoms with E-state index in [2.05, 4.69) is 12.1 Å². The third-order valence-corrected chi connectivity index (χ3v) is 2.63. The summed E-state index contributed by atoms with van der Waals surface area (Å²) in [6, 6.07) is 16.9. The van der Waals surface area contributed by atoms with Crippen molar-refractivity contribution in [2.75, 3.05) is 6.54 Å². The van der Waals surface area contributed by atoms with Crippen molar-refractivity contribution in [3.63, 3.8) is 0 Å². The topological polar surface area (TPSA) is 32.7 Å². The number of phenols is 1. The maximum atomic E-state index is 9.21. The molecule has 0 spiro atoms. The van der Waals surface area contributed by atoms with Gasteiger partial charge in [0, 0.05) is 6.54 Å². The minimum Gasteiger partial charge on any atom is -0.508 e. The van der Waals surface area contributed by atoms with Gasteiger partial charge in [-0.25, -0.2) is 0 Å². The molecule has 0 unspecified atom stereocenters. The Morgan fingerprint density at radius 3 is 2.28 bits per heavy atom. The molecule has 1 N–H and O–H groups in total. The Hall–Kier alpha value is -2.00. The van der Waals surface area contributed by atoms with Gasteiger partial charge in [0.2, 0.25) is 0 Å². The predicted molar refractivity (Wildman–Crippen MR) is 71.3 cm³/mol. The third kappa shape index (κ3) is 3.50. The average Bonchev–Trinajstić information content (AvgIpc) is 2.41. The van der Waals surface area contributed by atoms with Crippen molar-refractivity contribution in [2.45, 2.75) is 13.5 Å². The molecule has 3 heteroatoms. The minimum atomic E-state index is 0.244. The molecule has 3 nitrogen and oxygen atoms in total. The SMILES string of the molecule is CCN(Cc1ccccc1)Oc1ccc(O)cc1. The van der Waals surface area contributed by atoms with E-state index in [1.807, 2.05) is 30.2 Å². The zero-order valence-electron chi connectivity index (χ0n) is 10.4. The molecule has 2 rings (SSSR count). The van der Waals surface area contributed by atoms with Crippen LogP contribution in [0.5, 0.6) is 11.5 Å². The van der Waals surface area contributed by atoms with E-state index in [-0.39, 0.29) is 5.75 Å². The first-order chi connectivity index (χ1) is 8.78. The highest BCUT2D eigenvalue weighted by atomic mass is 16.7. The van der Waals surface area contributed by atoms with Crippen molar-refractivity contribution in [1.82, 2.24) is 5.06 Å². The fourth-order valence-corrected chi connectivity index (χ4v) is 1.65. The molecule has 0 atom stereocenters. The highest BCUT2D eigenvalue weighted by molar-refractivity contribution is 5.29. The van der Waals surface area contributed by atoms with Crippen LogP contribution < -0.4 is 4.84 Å². The number of phenolic OH excluding ortho intramolecular Hbond substituents is 1. The van der Waals surface area contributed by atoms with Gasteiger partial charge in [-0.15, -0.1) is 5.06 Å². The van der Waals surface area contributed by atoms with Gasteiger partial charge in [0.15, 0.2) is 0 Å². The summed E-state index contributed by atoms with van der Waals surface area (Å²) in [6.07, 6.45) is 0. The van der Waals surface area contributed by atoms with Gasteiger partial charge in [-0.05, 0) is 36.8 Å². The molecule has 0 heterocycles. The number of hydrogen-bond donors (Lipinski definition) is 1. The molecule has 0 saturated heterocycles. The van der Waals surface area contributed by atoms with E-state index in [9.17, 15) is 5.11 Å². The van der Waals surface area contributed by atoms with E-state index in [4.69, 9.17) is 4.84 Å². The third-order valence-electron chi connectivity index (χ3n) is 2.63. The summed E-state index contributed by atoms with van der Waals surface area (Å²) in [5.41, 5.74) is 1.21. The summed E-state index contributed by atoms with van der Waals surface area (Å²) in [6.45, 7) is 3.57. The summed E-state index contributed by atoms with van der Waals surface area (Å²) in [7, 11) is 0. The maximum Gasteiger partial charge on any atom is 0.147 e. The molecule has 0 saturated carbocycles. The zero-order valence-corrected chi connectivity index (χ0v) is 10.4. The van der Waals surface area contributed by atoms with Crippen LogP contribution in [0.1, 0.15) is 12.5 Å². The molecule has 0 aromatic heterocycles. The van der Waals surface area contributed by atoms with E-state index >= 15 is 0 Å². The lowest BCUT2D eigenvalue weighted by molar-refractivity contribution is -0.0622. The zero-order chi connectivity index (χ0) is 12.8. The lowest BCUT2D eigenvalue weighted by atomic mass is 10.2. The van der Waals surface area contributed by atoms with Gasteiger partial charge in [-0.3, -0.25) is 0 Å². The van der Waals surface area contributed by atoms with Gasteiger partial charge >= 0.3 is 0 Å². The standard InChI is InChI=1S/C15H17NO2/c1-2-16(12-13-6-4-3-5-7-13)18-15-10-8-14(17)9-11-15/h3-11,17H,2,12H2,1H3. The van der Waals surface area contributed by atoms with Crippen molar-refractivity contribution in [2.24, 2.45) is 0 Å². The van der Waals surface area contributed by atoms with Crippen LogP contribution in [0, 0.1) is 0 Å². The molecular weight excluding hydrogens is 226 g/mol. The Labute approximate surface area is 107 Å². The van der Waals surface area contributed by atoms with Gasteiger partial charge in [0.25, 0.3) is 0 Å². The monoisotopic (exact) mass is 243 g/mol. The molecule has 2 aromatic carbocycles. The van der Waals surface area contributed by atoms with E-state index in [1.54, 1.807) is 24.3 Å². The highest BCUT2D eigenvalue weighted by Gasteiger charge is 2.05. The second kappa shape index (κ2) is 6.07. The summed E-state index contributed by atoms with van der Waals surface area (Å²) < 4.78 is 0. The number of hydroxylamine groups is 2. The average molecular weight is 243 g/mol. The number of nitrogens with zero attached hydrogens (tertiary/aromatic N) is 1. The van der Waals surface area contributed by atoms with Crippen LogP contribution in [0.3, 0.4) is 0 Å². The molecule has 0 fully saturated rings. The van der Waals surface area contributed by atoms with Crippen molar-refractivity contribution in [3.05, 3.63) is 60.2 Å². The summed E-state index contributed by atoms with van der Waals surface area (Å²) in [4.78, 5) is 5.74. The van der Waals surface area contributed by atoms with Crippen LogP contribution in [0.4, 0.5) is 0 Å². The van der Waals surface area contributed by atoms with E-state index in [1.165, 1.54) is 5.56 Å². The first-order valence-electron chi connectivity index (χ1n) is 6.04. The van der Waals surface area contributed by atoms with Gasteiger partial charge < -0.3 is 9.94 Å². The number of rotatable bonds is 5. The number of hydrogen-bond acceptors (Lipinski definition) is 3. The Morgan fingerprint density at radius 2 is 1.67 bits per heavy atom. The normalized spacial score (nSPS) is 10.6. The maximum absolute atomic E-state index is 9.21. The predicted octanol–water partition coefficient (Wildman–Crippen LogP) is 3.21. The van der Waals surface area contributed by atoms with Crippen LogP contribution in [0.15, 0.2) is 54.6 Å². The second-order valence-electron chi connectivity index (χ2n) is 4.03. The summed E-state index contributed by atoms with van der Waals surface area (Å²) >= 11 is 0. The first kappa shape index (κ1) is 12.5. The quantitative estimate of drug-likeness (QED) is 0.818. The van der Waals surface area contributed by atoms with Crippen LogP contribution in [-0.4, -0.2) is 16.7 Å². The fraction of sp³-hybridized carbons (Fsp3) is 0.200. The van der Waals surface area contributed by atoms with Crippen LogP contribution >= 0.6 is 0 Å². The van der Waals surface area contributed by atoms with E-state index in [0.29, 0.717) is 0 Å². The van der Waals surface area contributed by atoms with E-state index in [0.717, 1.165) is 18.8 Å². The Balaban J connectivity index is 1.99.